The van der Waals surface area contributed by atoms with Crippen molar-refractivity contribution in [2.45, 2.75) is 26.0 Å². The number of rotatable bonds is 2. The van der Waals surface area contributed by atoms with Crippen LogP contribution in [0.25, 0.3) is 5.69 Å². The molecule has 3 aromatic rings. The Bertz CT molecular complexity index is 1030. The molecule has 1 atom stereocenters. The van der Waals surface area contributed by atoms with Gasteiger partial charge in [-0.05, 0) is 56.2 Å². The van der Waals surface area contributed by atoms with Gasteiger partial charge in [0.25, 0.3) is 0 Å². The lowest BCUT2D eigenvalue weighted by Gasteiger charge is -2.18. The number of nitrogens with one attached hydrogen (secondary N) is 1. The van der Waals surface area contributed by atoms with Crippen LogP contribution in [0.15, 0.2) is 42.5 Å². The summed E-state index contributed by atoms with van der Waals surface area (Å²) in [6, 6.07) is 12.5. The molecule has 0 saturated carbocycles. The molecule has 1 aliphatic heterocycles. The van der Waals surface area contributed by atoms with Crippen LogP contribution in [0.4, 0.5) is 10.2 Å². The van der Waals surface area contributed by atoms with Crippen molar-refractivity contribution in [2.75, 3.05) is 11.1 Å². The van der Waals surface area contributed by atoms with Crippen LogP contribution in [-0.2, 0) is 4.79 Å². The number of aromatic nitrogens is 2. The average molecular weight is 381 g/mol. The highest BCUT2D eigenvalue weighted by Gasteiger charge is 2.31. The van der Waals surface area contributed by atoms with Crippen LogP contribution in [0.3, 0.4) is 0 Å². The fourth-order valence-electron chi connectivity index (χ4n) is 3.52. The number of carbonyl (C=O) groups is 1. The maximum Gasteiger partial charge on any atom is 0.235 e. The lowest BCUT2D eigenvalue weighted by molar-refractivity contribution is -0.113. The molecule has 1 aliphatic rings. The Morgan fingerprint density at radius 2 is 1.89 bits per heavy atom. The molecule has 6 heteroatoms. The molecule has 0 radical (unpaired) electrons. The molecule has 4 rings (SSSR count). The third kappa shape index (κ3) is 3.25. The zero-order valence-corrected chi connectivity index (χ0v) is 16.2. The van der Waals surface area contributed by atoms with Gasteiger partial charge in [-0.25, -0.2) is 9.07 Å². The van der Waals surface area contributed by atoms with Gasteiger partial charge in [-0.15, -0.1) is 11.8 Å². The van der Waals surface area contributed by atoms with E-state index in [4.69, 9.17) is 0 Å². The van der Waals surface area contributed by atoms with Gasteiger partial charge in [-0.3, -0.25) is 4.79 Å². The quantitative estimate of drug-likeness (QED) is 0.699. The molecule has 27 heavy (non-hydrogen) atoms. The Balaban J connectivity index is 1.90. The average Bonchev–Trinajstić information content (AvgIpc) is 2.83. The second-order valence-corrected chi connectivity index (χ2v) is 7.93. The normalized spacial score (nSPS) is 16.6. The van der Waals surface area contributed by atoms with Crippen LogP contribution < -0.4 is 5.32 Å². The van der Waals surface area contributed by atoms with Crippen molar-refractivity contribution >= 4 is 23.5 Å². The molecular weight excluding hydrogens is 361 g/mol. The first-order valence-electron chi connectivity index (χ1n) is 8.78. The predicted octanol–water partition coefficient (Wildman–Crippen LogP) is 4.71. The van der Waals surface area contributed by atoms with Crippen molar-refractivity contribution in [3.63, 3.8) is 0 Å². The Labute approximate surface area is 161 Å². The van der Waals surface area contributed by atoms with Gasteiger partial charge in [0.15, 0.2) is 0 Å². The van der Waals surface area contributed by atoms with E-state index in [1.807, 2.05) is 6.92 Å². The van der Waals surface area contributed by atoms with Crippen molar-refractivity contribution < 1.29 is 9.18 Å². The fourth-order valence-corrected chi connectivity index (χ4v) is 4.80. The van der Waals surface area contributed by atoms with Crippen LogP contribution in [-0.4, -0.2) is 21.4 Å². The summed E-state index contributed by atoms with van der Waals surface area (Å²) in [5.41, 5.74) is 6.17. The van der Waals surface area contributed by atoms with Crippen LogP contribution in [0, 0.1) is 26.6 Å². The largest absolute Gasteiger partial charge is 0.310 e. The van der Waals surface area contributed by atoms with Crippen LogP contribution in [0.2, 0.25) is 0 Å². The number of anilines is 1. The van der Waals surface area contributed by atoms with E-state index in [0.29, 0.717) is 17.3 Å². The van der Waals surface area contributed by atoms with E-state index in [0.717, 1.165) is 11.3 Å². The molecule has 1 N–H and O–H groups in total. The molecule has 1 amide bonds. The maximum atomic E-state index is 13.3. The van der Waals surface area contributed by atoms with Crippen LogP contribution in [0.5, 0.6) is 0 Å². The third-order valence-corrected chi connectivity index (χ3v) is 6.04. The van der Waals surface area contributed by atoms with E-state index >= 15 is 0 Å². The van der Waals surface area contributed by atoms with E-state index in [2.05, 4.69) is 42.5 Å². The minimum Gasteiger partial charge on any atom is -0.310 e. The summed E-state index contributed by atoms with van der Waals surface area (Å²) in [5, 5.41) is 7.67. The first-order valence-corrected chi connectivity index (χ1v) is 9.83. The first kappa shape index (κ1) is 17.8. The smallest absolute Gasteiger partial charge is 0.235 e. The molecule has 0 fully saturated rings. The van der Waals surface area contributed by atoms with Crippen molar-refractivity contribution in [2.24, 2.45) is 0 Å². The summed E-state index contributed by atoms with van der Waals surface area (Å²) in [4.78, 5) is 12.4. The molecule has 0 saturated heterocycles. The van der Waals surface area contributed by atoms with Gasteiger partial charge in [0, 0.05) is 5.56 Å². The van der Waals surface area contributed by atoms with Crippen molar-refractivity contribution in [3.8, 4) is 5.69 Å². The van der Waals surface area contributed by atoms with Gasteiger partial charge in [0.1, 0.15) is 11.6 Å². The Morgan fingerprint density at radius 1 is 1.15 bits per heavy atom. The molecule has 138 valence electrons. The molecule has 0 aliphatic carbocycles. The number of hydrogen-bond donors (Lipinski definition) is 1. The minimum atomic E-state index is -0.304. The fraction of sp³-hybridized carbons (Fsp3) is 0.238. The number of amides is 1. The van der Waals surface area contributed by atoms with Crippen molar-refractivity contribution in [1.82, 2.24) is 9.78 Å². The summed E-state index contributed by atoms with van der Waals surface area (Å²) in [6.45, 7) is 6.13. The van der Waals surface area contributed by atoms with Gasteiger partial charge >= 0.3 is 0 Å². The SMILES string of the molecule is Cc1ccc(C2SCC(=O)Nc3c2c(C)nn3-c2ccc(F)cc2)c(C)c1. The maximum absolute atomic E-state index is 13.3. The van der Waals surface area contributed by atoms with E-state index < -0.39 is 0 Å². The summed E-state index contributed by atoms with van der Waals surface area (Å²) >= 11 is 1.61. The molecule has 0 bridgehead atoms. The summed E-state index contributed by atoms with van der Waals surface area (Å²) in [6.07, 6.45) is 0. The topological polar surface area (TPSA) is 46.9 Å². The minimum absolute atomic E-state index is 0.00810. The van der Waals surface area contributed by atoms with Gasteiger partial charge in [-0.2, -0.15) is 5.10 Å². The number of fused-ring (bicyclic) bond motifs is 1. The second-order valence-electron chi connectivity index (χ2n) is 6.84. The summed E-state index contributed by atoms with van der Waals surface area (Å²) in [5.74, 6) is 0.674. The first-order chi connectivity index (χ1) is 12.9. The molecule has 2 heterocycles. The zero-order chi connectivity index (χ0) is 19.1. The molecule has 1 unspecified atom stereocenters. The molecular formula is C21H20FN3OS. The second kappa shape index (κ2) is 6.85. The Morgan fingerprint density at radius 3 is 2.59 bits per heavy atom. The third-order valence-electron chi connectivity index (χ3n) is 4.79. The van der Waals surface area contributed by atoms with Crippen LogP contribution >= 0.6 is 11.8 Å². The molecule has 0 spiro atoms. The predicted molar refractivity (Wildman–Crippen MR) is 107 cm³/mol. The molecule has 2 aromatic carbocycles. The zero-order valence-electron chi connectivity index (χ0n) is 15.4. The number of aryl methyl sites for hydroxylation is 3. The number of carbonyl (C=O) groups excluding carboxylic acids is 1. The highest BCUT2D eigenvalue weighted by Crippen LogP contribution is 2.44. The monoisotopic (exact) mass is 381 g/mol. The van der Waals surface area contributed by atoms with E-state index in [1.54, 1.807) is 28.6 Å². The number of hydrogen-bond acceptors (Lipinski definition) is 3. The van der Waals surface area contributed by atoms with Crippen LogP contribution in [0.1, 0.15) is 33.2 Å². The van der Waals surface area contributed by atoms with Gasteiger partial charge in [0.05, 0.1) is 22.4 Å². The van der Waals surface area contributed by atoms with Gasteiger partial charge < -0.3 is 5.32 Å². The Hall–Kier alpha value is -2.60. The van der Waals surface area contributed by atoms with Gasteiger partial charge in [-0.1, -0.05) is 23.8 Å². The number of halogens is 1. The number of thioether (sulfide) groups is 1. The van der Waals surface area contributed by atoms with E-state index in [-0.39, 0.29) is 17.0 Å². The number of nitrogens with zero attached hydrogens (tertiary/aromatic N) is 2. The standard InChI is InChI=1S/C21H20FN3OS/c1-12-4-9-17(13(2)10-12)20-19-14(3)24-25(16-7-5-15(22)6-8-16)21(19)23-18(26)11-27-20/h4-10,20H,11H2,1-3H3,(H,23,26). The summed E-state index contributed by atoms with van der Waals surface area (Å²) < 4.78 is 15.0. The van der Waals surface area contributed by atoms with E-state index in [9.17, 15) is 9.18 Å². The van der Waals surface area contributed by atoms with E-state index in [1.165, 1.54) is 28.8 Å². The summed E-state index contributed by atoms with van der Waals surface area (Å²) in [7, 11) is 0. The molecule has 1 aromatic heterocycles. The van der Waals surface area contributed by atoms with Crippen molar-refractivity contribution in [3.05, 3.63) is 76.2 Å². The number of benzene rings is 2. The van der Waals surface area contributed by atoms with Gasteiger partial charge in [0.2, 0.25) is 5.91 Å². The van der Waals surface area contributed by atoms with Crippen molar-refractivity contribution in [1.29, 1.82) is 0 Å². The Kier molecular flexibility index (Phi) is 4.52. The lowest BCUT2D eigenvalue weighted by atomic mass is 9.98. The molecule has 4 nitrogen and oxygen atoms in total. The highest BCUT2D eigenvalue weighted by atomic mass is 32.2. The lowest BCUT2D eigenvalue weighted by Crippen LogP contribution is -2.15. The highest BCUT2D eigenvalue weighted by molar-refractivity contribution is 8.00.